The van der Waals surface area contributed by atoms with Crippen LogP contribution in [0, 0.1) is 5.92 Å². The van der Waals surface area contributed by atoms with Crippen molar-refractivity contribution in [3.05, 3.63) is 141 Å². The van der Waals surface area contributed by atoms with E-state index in [2.05, 4.69) is 38.5 Å². The van der Waals surface area contributed by atoms with Gasteiger partial charge in [-0.05, 0) is 93.3 Å². The number of nitrogens with one attached hydrogen (secondary N) is 1. The molecule has 2 aliphatic rings. The Balaban J connectivity index is 0.675. The number of aliphatic hydroxyl groups excluding tert-OH is 1. The fourth-order valence-electron chi connectivity index (χ4n) is 8.44. The standard InChI is InChI=1S/C55H60N8O10S/c1-5-69-54(67)50-51(65)48(74-52(50)57-39-9-7-6-8-10-39)28-37-11-14-46(45(64)27-37)70-26-25-68-24-22-63-33-40(59-60-63)32-55(3,4)72-23-16-36(2)35-71-42-15-19-62-34-44(58-49(62)31-42)43-29-38-12-13-41(30-47(38)73-53(43)66)61-20-17-56-18-21-61/h6-15,19,27-31,33-34,36,56,64-65H,5,16-18,20-26,32,35H2,1-4H3/b48-28-,57-52?. The molecule has 386 valence electrons. The van der Waals surface area contributed by atoms with E-state index in [1.807, 2.05) is 85.4 Å². The lowest BCUT2D eigenvalue weighted by molar-refractivity contribution is -0.138. The Kier molecular flexibility index (Phi) is 16.4. The average molecular weight is 1030 g/mol. The summed E-state index contributed by atoms with van der Waals surface area (Å²) in [6.45, 7) is 14.1. The van der Waals surface area contributed by atoms with Crippen molar-refractivity contribution in [3.8, 4) is 28.5 Å². The zero-order chi connectivity index (χ0) is 51.6. The van der Waals surface area contributed by atoms with E-state index in [9.17, 15) is 19.8 Å². The van der Waals surface area contributed by atoms with Gasteiger partial charge in [-0.1, -0.05) is 48.2 Å². The zero-order valence-corrected chi connectivity index (χ0v) is 42.7. The van der Waals surface area contributed by atoms with E-state index >= 15 is 0 Å². The molecule has 1 atom stereocenters. The number of aromatic nitrogens is 5. The topological polar surface area (TPSA) is 210 Å². The van der Waals surface area contributed by atoms with Crippen LogP contribution in [0.3, 0.4) is 0 Å². The van der Waals surface area contributed by atoms with Crippen molar-refractivity contribution < 1.29 is 43.1 Å². The molecular weight excluding hydrogens is 965 g/mol. The van der Waals surface area contributed by atoms with E-state index in [0.29, 0.717) is 82.2 Å². The van der Waals surface area contributed by atoms with Crippen LogP contribution >= 0.6 is 11.8 Å². The molecule has 7 aromatic rings. The Morgan fingerprint density at radius 1 is 0.973 bits per heavy atom. The Bertz CT molecular complexity index is 3250. The molecule has 0 aliphatic carbocycles. The van der Waals surface area contributed by atoms with Crippen molar-refractivity contribution in [2.75, 3.05) is 70.7 Å². The maximum Gasteiger partial charge on any atom is 0.345 e. The third-order valence-electron chi connectivity index (χ3n) is 12.3. The molecule has 4 aromatic heterocycles. The number of carbonyl (C=O) groups excluding carboxylic acids is 1. The summed E-state index contributed by atoms with van der Waals surface area (Å²) in [7, 11) is 0. The molecule has 0 spiro atoms. The number of benzene rings is 3. The molecule has 0 bridgehead atoms. The van der Waals surface area contributed by atoms with Gasteiger partial charge in [0.25, 0.3) is 0 Å². The molecule has 1 saturated heterocycles. The van der Waals surface area contributed by atoms with Crippen LogP contribution in [0.5, 0.6) is 17.2 Å². The molecule has 9 rings (SSSR count). The maximum atomic E-state index is 13.2. The summed E-state index contributed by atoms with van der Waals surface area (Å²) < 4.78 is 38.6. The minimum atomic E-state index is -0.668. The molecule has 0 radical (unpaired) electrons. The fraction of sp³-hybridized carbons (Fsp3) is 0.345. The number of para-hydroxylation sites is 1. The first-order chi connectivity index (χ1) is 35.9. The van der Waals surface area contributed by atoms with Crippen LogP contribution in [0.2, 0.25) is 0 Å². The number of aliphatic imine (C=N–C) groups is 1. The first kappa shape index (κ1) is 51.5. The molecule has 19 heteroatoms. The second kappa shape index (κ2) is 23.6. The van der Waals surface area contributed by atoms with Crippen LogP contribution in [0.4, 0.5) is 11.4 Å². The second-order valence-electron chi connectivity index (χ2n) is 18.6. The van der Waals surface area contributed by atoms with Gasteiger partial charge in [-0.3, -0.25) is 0 Å². The van der Waals surface area contributed by atoms with Crippen molar-refractivity contribution in [2.24, 2.45) is 10.9 Å². The van der Waals surface area contributed by atoms with Crippen LogP contribution in [0.25, 0.3) is 33.9 Å². The third kappa shape index (κ3) is 13.0. The van der Waals surface area contributed by atoms with Crippen LogP contribution in [-0.4, -0.2) is 117 Å². The molecule has 6 heterocycles. The van der Waals surface area contributed by atoms with E-state index in [0.717, 1.165) is 61.1 Å². The molecule has 3 N–H and O–H groups in total. The highest BCUT2D eigenvalue weighted by Gasteiger charge is 2.33. The van der Waals surface area contributed by atoms with Crippen LogP contribution in [0.15, 0.2) is 134 Å². The van der Waals surface area contributed by atoms with Crippen molar-refractivity contribution in [1.82, 2.24) is 29.7 Å². The van der Waals surface area contributed by atoms with Crippen molar-refractivity contribution in [3.63, 3.8) is 0 Å². The van der Waals surface area contributed by atoms with Gasteiger partial charge in [-0.2, -0.15) is 0 Å². The van der Waals surface area contributed by atoms with E-state index in [1.54, 1.807) is 41.9 Å². The van der Waals surface area contributed by atoms with Gasteiger partial charge < -0.3 is 52.9 Å². The van der Waals surface area contributed by atoms with Gasteiger partial charge in [-0.25, -0.2) is 24.2 Å². The highest BCUT2D eigenvalue weighted by Crippen LogP contribution is 2.41. The van der Waals surface area contributed by atoms with Gasteiger partial charge in [0.15, 0.2) is 11.5 Å². The van der Waals surface area contributed by atoms with Crippen LogP contribution in [-0.2, 0) is 32.0 Å². The predicted octanol–water partition coefficient (Wildman–Crippen LogP) is 8.55. The van der Waals surface area contributed by atoms with Crippen molar-refractivity contribution in [2.45, 2.75) is 52.7 Å². The lowest BCUT2D eigenvalue weighted by Crippen LogP contribution is -2.43. The van der Waals surface area contributed by atoms with E-state index in [-0.39, 0.29) is 48.6 Å². The summed E-state index contributed by atoms with van der Waals surface area (Å²) in [5.41, 5.74) is 4.31. The van der Waals surface area contributed by atoms with E-state index in [1.165, 1.54) is 6.07 Å². The average Bonchev–Trinajstić information content (AvgIpc) is 4.11. The summed E-state index contributed by atoms with van der Waals surface area (Å²) >= 11 is 1.14. The summed E-state index contributed by atoms with van der Waals surface area (Å²) in [5, 5.41) is 34.9. The number of hydrogen-bond donors (Lipinski definition) is 3. The van der Waals surface area contributed by atoms with E-state index < -0.39 is 17.2 Å². The minimum Gasteiger partial charge on any atom is -0.506 e. The monoisotopic (exact) mass is 1020 g/mol. The lowest BCUT2D eigenvalue weighted by atomic mass is 10.0. The molecular formula is C55H60N8O10S. The number of aliphatic hydroxyl groups is 1. The first-order valence-electron chi connectivity index (χ1n) is 24.7. The minimum absolute atomic E-state index is 0.00783. The number of thioether (sulfide) groups is 1. The normalized spacial score (nSPS) is 15.7. The summed E-state index contributed by atoms with van der Waals surface area (Å²) in [4.78, 5) is 37.9. The Hall–Kier alpha value is -7.45. The van der Waals surface area contributed by atoms with Gasteiger partial charge in [0.05, 0.1) is 66.1 Å². The molecule has 0 amide bonds. The number of carbonyl (C=O) groups is 1. The second-order valence-corrected chi connectivity index (χ2v) is 19.6. The highest BCUT2D eigenvalue weighted by molar-refractivity contribution is 8.18. The molecule has 1 fully saturated rings. The van der Waals surface area contributed by atoms with Crippen LogP contribution in [0.1, 0.15) is 45.4 Å². The Labute approximate surface area is 432 Å². The summed E-state index contributed by atoms with van der Waals surface area (Å²) in [6.07, 6.45) is 8.62. The smallest absolute Gasteiger partial charge is 0.345 e. The Morgan fingerprint density at radius 3 is 2.62 bits per heavy atom. The molecule has 1 unspecified atom stereocenters. The SMILES string of the molecule is CCOC(=O)C1=C(O)/C(=C/c2ccc(OCCOCCn3cc(CC(C)(C)OCCC(C)COc4ccn5cc(-c6cc7ccc(N8CCNCC8)cc7oc6=O)nc5c4)nn3)c(O)c2)SC1=Nc1ccccc1. The van der Waals surface area contributed by atoms with Gasteiger partial charge in [0.1, 0.15) is 40.0 Å². The fourth-order valence-corrected chi connectivity index (χ4v) is 9.47. The van der Waals surface area contributed by atoms with Crippen molar-refractivity contribution >= 4 is 56.8 Å². The molecule has 18 nitrogen and oxygen atoms in total. The van der Waals surface area contributed by atoms with Gasteiger partial charge >= 0.3 is 11.6 Å². The number of piperazine rings is 1. The predicted molar refractivity (Wildman–Crippen MR) is 285 cm³/mol. The Morgan fingerprint density at radius 2 is 1.81 bits per heavy atom. The summed E-state index contributed by atoms with van der Waals surface area (Å²) in [6, 6.07) is 25.6. The van der Waals surface area contributed by atoms with Gasteiger partial charge in [0, 0.05) is 81.0 Å². The lowest BCUT2D eigenvalue weighted by Gasteiger charge is -2.29. The number of imidazole rings is 1. The quantitative estimate of drug-likeness (QED) is 0.0330. The maximum absolute atomic E-state index is 13.2. The number of phenols is 1. The molecule has 0 saturated carbocycles. The number of ether oxygens (including phenoxy) is 5. The number of hydrogen-bond acceptors (Lipinski definition) is 17. The van der Waals surface area contributed by atoms with E-state index in [4.69, 9.17) is 33.1 Å². The van der Waals surface area contributed by atoms with Crippen LogP contribution < -0.4 is 25.3 Å². The number of esters is 1. The highest BCUT2D eigenvalue weighted by atomic mass is 32.2. The number of nitrogens with zero attached hydrogens (tertiary/aromatic N) is 7. The van der Waals surface area contributed by atoms with Gasteiger partial charge in [-0.15, -0.1) is 5.10 Å². The van der Waals surface area contributed by atoms with Crippen molar-refractivity contribution in [1.29, 1.82) is 0 Å². The van der Waals surface area contributed by atoms with Gasteiger partial charge in [0.2, 0.25) is 0 Å². The zero-order valence-electron chi connectivity index (χ0n) is 41.9. The third-order valence-corrected chi connectivity index (χ3v) is 13.3. The first-order valence-corrected chi connectivity index (χ1v) is 25.6. The summed E-state index contributed by atoms with van der Waals surface area (Å²) in [5.74, 6) is 0.180. The number of fused-ring (bicyclic) bond motifs is 2. The number of phenolic OH excluding ortho intramolecular Hbond substituents is 1. The number of rotatable bonds is 22. The molecule has 3 aromatic carbocycles. The largest absolute Gasteiger partial charge is 0.506 e. The number of anilines is 1. The number of pyridine rings is 1. The molecule has 2 aliphatic heterocycles. The number of aromatic hydroxyl groups is 1. The molecule has 74 heavy (non-hydrogen) atoms.